The molecule has 1 atom stereocenters. The van der Waals surface area contributed by atoms with Crippen molar-refractivity contribution in [3.8, 4) is 0 Å². The van der Waals surface area contributed by atoms with Crippen LogP contribution in [0.25, 0.3) is 5.65 Å². The average Bonchev–Trinajstić information content (AvgIpc) is 2.87. The highest BCUT2D eigenvalue weighted by Gasteiger charge is 2.23. The average molecular weight is 334 g/mol. The number of nitrogens with one attached hydrogen (secondary N) is 1. The molecule has 0 saturated heterocycles. The van der Waals surface area contributed by atoms with Gasteiger partial charge in [0.25, 0.3) is 5.91 Å². The van der Waals surface area contributed by atoms with Gasteiger partial charge in [-0.3, -0.25) is 4.79 Å². The third kappa shape index (κ3) is 4.51. The van der Waals surface area contributed by atoms with Gasteiger partial charge in [-0.05, 0) is 33.8 Å². The van der Waals surface area contributed by atoms with Crippen LogP contribution in [-0.2, 0) is 9.53 Å². The maximum atomic E-state index is 12.4. The second-order valence-corrected chi connectivity index (χ2v) is 6.51. The van der Waals surface area contributed by atoms with Crippen molar-refractivity contribution in [1.29, 1.82) is 0 Å². The first-order valence-electron chi connectivity index (χ1n) is 7.66. The highest BCUT2D eigenvalue weighted by atomic mass is 16.5. The number of hydrogen-bond acceptors (Lipinski definition) is 5. The van der Waals surface area contributed by atoms with Crippen molar-refractivity contribution in [2.75, 3.05) is 6.61 Å². The number of aromatic nitrogens is 3. The van der Waals surface area contributed by atoms with E-state index in [1.807, 2.05) is 20.8 Å². The Morgan fingerprint density at radius 2 is 2.12 bits per heavy atom. The van der Waals surface area contributed by atoms with Gasteiger partial charge in [0.15, 0.2) is 5.65 Å². The topological polar surface area (TPSA) is 106 Å². The Bertz CT molecular complexity index is 748. The van der Waals surface area contributed by atoms with Gasteiger partial charge in [0, 0.05) is 24.9 Å². The van der Waals surface area contributed by atoms with E-state index in [1.54, 1.807) is 19.2 Å². The minimum Gasteiger partial charge on any atom is -0.480 e. The standard InChI is InChI=1S/C16H22N4O4/c1-10-5-7-20-13(18-10)11(9-17-20)14(21)19-12(15(22)23)6-8-24-16(2,3)4/h5,7,9,12H,6,8H2,1-4H3,(H,19,21)(H,22,23). The summed E-state index contributed by atoms with van der Waals surface area (Å²) in [5, 5.41) is 15.9. The van der Waals surface area contributed by atoms with E-state index in [-0.39, 0.29) is 24.2 Å². The summed E-state index contributed by atoms with van der Waals surface area (Å²) < 4.78 is 7.00. The Morgan fingerprint density at radius 3 is 2.75 bits per heavy atom. The van der Waals surface area contributed by atoms with Crippen LogP contribution in [0.1, 0.15) is 43.2 Å². The molecule has 0 spiro atoms. The molecule has 2 N–H and O–H groups in total. The molecule has 0 aliphatic carbocycles. The number of aryl methyl sites for hydroxylation is 1. The Kier molecular flexibility index (Phi) is 5.18. The maximum Gasteiger partial charge on any atom is 0.326 e. The lowest BCUT2D eigenvalue weighted by Crippen LogP contribution is -2.42. The van der Waals surface area contributed by atoms with Crippen LogP contribution in [0.4, 0.5) is 0 Å². The van der Waals surface area contributed by atoms with Crippen LogP contribution in [0.5, 0.6) is 0 Å². The number of carboxylic acids is 1. The molecule has 2 heterocycles. The number of nitrogens with zero attached hydrogens (tertiary/aromatic N) is 3. The van der Waals surface area contributed by atoms with E-state index >= 15 is 0 Å². The zero-order chi connectivity index (χ0) is 17.9. The molecule has 0 aliphatic rings. The van der Waals surface area contributed by atoms with Gasteiger partial charge in [-0.15, -0.1) is 0 Å². The third-order valence-electron chi connectivity index (χ3n) is 3.30. The van der Waals surface area contributed by atoms with E-state index in [4.69, 9.17) is 4.74 Å². The summed E-state index contributed by atoms with van der Waals surface area (Å²) in [5.41, 5.74) is 1.01. The minimum atomic E-state index is -1.11. The van der Waals surface area contributed by atoms with Crippen molar-refractivity contribution >= 4 is 17.5 Å². The molecule has 2 rings (SSSR count). The second kappa shape index (κ2) is 6.96. The molecule has 0 saturated carbocycles. The molecular formula is C16H22N4O4. The SMILES string of the molecule is Cc1ccn2ncc(C(=O)NC(CCOC(C)(C)C)C(=O)O)c2n1. The Balaban J connectivity index is 2.09. The van der Waals surface area contributed by atoms with Gasteiger partial charge in [-0.2, -0.15) is 5.10 Å². The summed E-state index contributed by atoms with van der Waals surface area (Å²) in [4.78, 5) is 28.0. The fraction of sp³-hybridized carbons (Fsp3) is 0.500. The lowest BCUT2D eigenvalue weighted by Gasteiger charge is -2.21. The highest BCUT2D eigenvalue weighted by Crippen LogP contribution is 2.11. The van der Waals surface area contributed by atoms with Gasteiger partial charge in [-0.25, -0.2) is 14.3 Å². The van der Waals surface area contributed by atoms with Crippen molar-refractivity contribution in [1.82, 2.24) is 19.9 Å². The summed E-state index contributed by atoms with van der Waals surface area (Å²) in [6.07, 6.45) is 3.24. The molecule has 2 aromatic rings. The molecule has 0 aliphatic heterocycles. The third-order valence-corrected chi connectivity index (χ3v) is 3.30. The van der Waals surface area contributed by atoms with Crippen LogP contribution in [-0.4, -0.2) is 49.8 Å². The maximum absolute atomic E-state index is 12.4. The van der Waals surface area contributed by atoms with Crippen molar-refractivity contribution in [2.24, 2.45) is 0 Å². The zero-order valence-corrected chi connectivity index (χ0v) is 14.2. The Morgan fingerprint density at radius 1 is 1.42 bits per heavy atom. The van der Waals surface area contributed by atoms with E-state index in [9.17, 15) is 14.7 Å². The summed E-state index contributed by atoms with van der Waals surface area (Å²) in [6.45, 7) is 7.68. The van der Waals surface area contributed by atoms with Crippen LogP contribution in [0, 0.1) is 6.92 Å². The number of carboxylic acid groups (broad SMARTS) is 1. The molecule has 0 fully saturated rings. The molecule has 24 heavy (non-hydrogen) atoms. The lowest BCUT2D eigenvalue weighted by atomic mass is 10.1. The van der Waals surface area contributed by atoms with E-state index in [2.05, 4.69) is 15.4 Å². The molecule has 2 aromatic heterocycles. The number of fused-ring (bicyclic) bond motifs is 1. The van der Waals surface area contributed by atoms with Crippen molar-refractivity contribution in [2.45, 2.75) is 45.8 Å². The molecule has 1 amide bonds. The molecule has 8 heteroatoms. The number of ether oxygens (including phenoxy) is 1. The van der Waals surface area contributed by atoms with Gasteiger partial charge >= 0.3 is 5.97 Å². The fourth-order valence-corrected chi connectivity index (χ4v) is 2.10. The molecule has 130 valence electrons. The lowest BCUT2D eigenvalue weighted by molar-refractivity contribution is -0.140. The highest BCUT2D eigenvalue weighted by molar-refractivity contribution is 6.01. The van der Waals surface area contributed by atoms with E-state index in [0.717, 1.165) is 5.69 Å². The second-order valence-electron chi connectivity index (χ2n) is 6.51. The van der Waals surface area contributed by atoms with E-state index in [1.165, 1.54) is 10.7 Å². The molecule has 0 radical (unpaired) electrons. The van der Waals surface area contributed by atoms with Crippen molar-refractivity contribution in [3.63, 3.8) is 0 Å². The predicted molar refractivity (Wildman–Crippen MR) is 86.9 cm³/mol. The van der Waals surface area contributed by atoms with Crippen LogP contribution in [0.2, 0.25) is 0 Å². The van der Waals surface area contributed by atoms with Gasteiger partial charge in [0.1, 0.15) is 11.6 Å². The van der Waals surface area contributed by atoms with Crippen LogP contribution >= 0.6 is 0 Å². The predicted octanol–water partition coefficient (Wildman–Crippen LogP) is 1.43. The molecular weight excluding hydrogens is 312 g/mol. The van der Waals surface area contributed by atoms with Crippen LogP contribution in [0.3, 0.4) is 0 Å². The van der Waals surface area contributed by atoms with Gasteiger partial charge < -0.3 is 15.2 Å². The van der Waals surface area contributed by atoms with E-state index in [0.29, 0.717) is 5.65 Å². The zero-order valence-electron chi connectivity index (χ0n) is 14.2. The van der Waals surface area contributed by atoms with Crippen LogP contribution in [0.15, 0.2) is 18.5 Å². The number of hydrogen-bond donors (Lipinski definition) is 2. The number of carbonyl (C=O) groups is 2. The van der Waals surface area contributed by atoms with Crippen LogP contribution < -0.4 is 5.32 Å². The van der Waals surface area contributed by atoms with Gasteiger partial charge in [-0.1, -0.05) is 0 Å². The fourth-order valence-electron chi connectivity index (χ4n) is 2.10. The van der Waals surface area contributed by atoms with Crippen molar-refractivity contribution < 1.29 is 19.4 Å². The molecule has 1 unspecified atom stereocenters. The number of amides is 1. The normalized spacial score (nSPS) is 13.0. The number of rotatable bonds is 6. The van der Waals surface area contributed by atoms with Gasteiger partial charge in [0.2, 0.25) is 0 Å². The number of carbonyl (C=O) groups excluding carboxylic acids is 1. The first kappa shape index (κ1) is 17.9. The summed E-state index contributed by atoms with van der Waals surface area (Å²) in [5.74, 6) is -1.63. The van der Waals surface area contributed by atoms with E-state index < -0.39 is 17.9 Å². The number of aliphatic carboxylic acids is 1. The quantitative estimate of drug-likeness (QED) is 0.828. The first-order valence-corrected chi connectivity index (χ1v) is 7.66. The molecule has 0 bridgehead atoms. The Labute approximate surface area is 139 Å². The Hall–Kier alpha value is -2.48. The monoisotopic (exact) mass is 334 g/mol. The summed E-state index contributed by atoms with van der Waals surface area (Å²) in [6, 6.07) is 0.727. The van der Waals surface area contributed by atoms with Crippen molar-refractivity contribution in [3.05, 3.63) is 29.7 Å². The van der Waals surface area contributed by atoms with Gasteiger partial charge in [0.05, 0.1) is 11.8 Å². The molecule has 8 nitrogen and oxygen atoms in total. The summed E-state index contributed by atoms with van der Waals surface area (Å²) in [7, 11) is 0. The smallest absolute Gasteiger partial charge is 0.326 e. The first-order chi connectivity index (χ1) is 11.2. The largest absolute Gasteiger partial charge is 0.480 e. The molecule has 0 aromatic carbocycles. The minimum absolute atomic E-state index is 0.171. The summed E-state index contributed by atoms with van der Waals surface area (Å²) >= 11 is 0.